The van der Waals surface area contributed by atoms with Crippen molar-refractivity contribution in [2.24, 2.45) is 0 Å². The molecule has 0 aromatic heterocycles. The van der Waals surface area contributed by atoms with Crippen molar-refractivity contribution in [1.82, 2.24) is 0 Å². The van der Waals surface area contributed by atoms with Gasteiger partial charge in [-0.25, -0.2) is 0 Å². The van der Waals surface area contributed by atoms with E-state index >= 15 is 0 Å². The van der Waals surface area contributed by atoms with E-state index < -0.39 is 0 Å². The summed E-state index contributed by atoms with van der Waals surface area (Å²) < 4.78 is 0. The van der Waals surface area contributed by atoms with Crippen molar-refractivity contribution in [2.45, 2.75) is 40.0 Å². The molecule has 0 amide bonds. The van der Waals surface area contributed by atoms with Crippen LogP contribution in [0.4, 0.5) is 0 Å². The Balaban J connectivity index is 3.11. The van der Waals surface area contributed by atoms with Crippen molar-refractivity contribution in [3.63, 3.8) is 0 Å². The number of hydrogen-bond acceptors (Lipinski definition) is 1. The van der Waals surface area contributed by atoms with E-state index in [-0.39, 0.29) is 6.61 Å². The lowest BCUT2D eigenvalue weighted by Crippen LogP contribution is -2.03. The van der Waals surface area contributed by atoms with Gasteiger partial charge in [-0.3, -0.25) is 0 Å². The van der Waals surface area contributed by atoms with E-state index in [1.807, 2.05) is 6.92 Å². The lowest BCUT2D eigenvalue weighted by atomic mass is 9.92. The van der Waals surface area contributed by atoms with Crippen LogP contribution in [0.3, 0.4) is 0 Å². The molecule has 1 heteroatoms. The quantitative estimate of drug-likeness (QED) is 0.799. The van der Waals surface area contributed by atoms with Crippen LogP contribution in [0.2, 0.25) is 0 Å². The molecule has 0 saturated carbocycles. The number of hydrogen-bond donors (Lipinski definition) is 1. The van der Waals surface area contributed by atoms with Gasteiger partial charge in [0, 0.05) is 5.92 Å². The second kappa shape index (κ2) is 5.32. The maximum Gasteiger partial charge on any atom is 0.0534 e. The second-order valence-corrected chi connectivity index (χ2v) is 4.41. The molecule has 0 unspecified atom stereocenters. The maximum absolute atomic E-state index is 9.14. The van der Waals surface area contributed by atoms with Crippen molar-refractivity contribution in [2.75, 3.05) is 6.61 Å². The Kier molecular flexibility index (Phi) is 4.34. The highest BCUT2D eigenvalue weighted by atomic mass is 16.3. The van der Waals surface area contributed by atoms with Gasteiger partial charge in [0.1, 0.15) is 0 Å². The zero-order valence-electron chi connectivity index (χ0n) is 10.2. The summed E-state index contributed by atoms with van der Waals surface area (Å²) >= 11 is 0. The third-order valence-electron chi connectivity index (χ3n) is 2.82. The van der Waals surface area contributed by atoms with Gasteiger partial charge in [0.2, 0.25) is 0 Å². The predicted molar refractivity (Wildman–Crippen MR) is 65.0 cm³/mol. The summed E-state index contributed by atoms with van der Waals surface area (Å²) in [5.74, 6) is 1.59. The summed E-state index contributed by atoms with van der Waals surface area (Å²) in [5, 5.41) is 9.14. The van der Waals surface area contributed by atoms with E-state index in [1.54, 1.807) is 0 Å². The lowest BCUT2D eigenvalue weighted by Gasteiger charge is -2.14. The van der Waals surface area contributed by atoms with Gasteiger partial charge in [0.15, 0.2) is 0 Å². The smallest absolute Gasteiger partial charge is 0.0534 e. The number of aliphatic hydroxyl groups excluding tert-OH is 1. The monoisotopic (exact) mass is 205 g/mol. The van der Waals surface area contributed by atoms with Crippen molar-refractivity contribution in [1.29, 1.82) is 0 Å². The molecule has 0 atom stereocenters. The maximum atomic E-state index is 9.14. The van der Waals surface area contributed by atoms with E-state index in [2.05, 4.69) is 39.0 Å². The Labute approximate surface area is 93.1 Å². The number of aliphatic hydroxyl groups is 1. The first kappa shape index (κ1) is 12.3. The molecule has 0 aliphatic carbocycles. The Hall–Kier alpha value is -0.820. The largest absolute Gasteiger partial charge is 0.395 e. The Morgan fingerprint density at radius 3 is 2.40 bits per heavy atom. The lowest BCUT2D eigenvalue weighted by molar-refractivity contribution is 0.315. The van der Waals surface area contributed by atoms with Gasteiger partial charge >= 0.3 is 0 Å². The van der Waals surface area contributed by atoms with Gasteiger partial charge in [-0.05, 0) is 29.0 Å². The highest BCUT2D eigenvalue weighted by Crippen LogP contribution is 2.23. The average Bonchev–Trinajstić information content (AvgIpc) is 2.27. The van der Waals surface area contributed by atoms with E-state index in [4.69, 9.17) is 5.11 Å². The molecule has 0 aliphatic rings. The summed E-state index contributed by atoms with van der Waals surface area (Å²) in [5.41, 5.74) is 3.89. The molecule has 0 aliphatic heterocycles. The first-order valence-electron chi connectivity index (χ1n) is 5.66. The highest BCUT2D eigenvalue weighted by molar-refractivity contribution is 5.39. The van der Waals surface area contributed by atoms with Crippen molar-refractivity contribution < 1.29 is 5.11 Å². The zero-order valence-corrected chi connectivity index (χ0v) is 10.2. The van der Waals surface area contributed by atoms with Crippen LogP contribution in [0.25, 0.3) is 0 Å². The minimum Gasteiger partial charge on any atom is -0.395 e. The van der Waals surface area contributed by atoms with Gasteiger partial charge in [0.25, 0.3) is 0 Å². The molecule has 0 heterocycles. The van der Waals surface area contributed by atoms with Gasteiger partial charge in [0.05, 0.1) is 6.61 Å². The summed E-state index contributed by atoms with van der Waals surface area (Å²) in [6, 6.07) is 6.63. The highest BCUT2D eigenvalue weighted by Gasteiger charge is 2.09. The van der Waals surface area contributed by atoms with Crippen molar-refractivity contribution in [3.8, 4) is 0 Å². The van der Waals surface area contributed by atoms with Crippen LogP contribution in [-0.2, 0) is 6.42 Å². The van der Waals surface area contributed by atoms with E-state index in [0.717, 1.165) is 12.3 Å². The normalized spacial score (nSPS) is 11.4. The zero-order chi connectivity index (χ0) is 11.4. The SMILES string of the molecule is CCc1cc([C](C)CO)cc(C(C)C)c1. The third-order valence-corrected chi connectivity index (χ3v) is 2.82. The summed E-state index contributed by atoms with van der Waals surface area (Å²) in [6.45, 7) is 8.70. The van der Waals surface area contributed by atoms with Gasteiger partial charge in [-0.1, -0.05) is 45.9 Å². The number of benzene rings is 1. The topological polar surface area (TPSA) is 20.2 Å². The standard InChI is InChI=1S/C14H21O/c1-5-12-6-13(10(2)3)8-14(7-12)11(4)9-15/h6-8,10,15H,5,9H2,1-4H3. The van der Waals surface area contributed by atoms with Gasteiger partial charge in [-0.2, -0.15) is 0 Å². The molecule has 83 valence electrons. The summed E-state index contributed by atoms with van der Waals surface area (Å²) in [6.07, 6.45) is 1.05. The molecule has 0 spiro atoms. The Morgan fingerprint density at radius 2 is 1.93 bits per heavy atom. The molecule has 1 rings (SSSR count). The first-order valence-corrected chi connectivity index (χ1v) is 5.66. The second-order valence-electron chi connectivity index (χ2n) is 4.41. The minimum absolute atomic E-state index is 0.144. The van der Waals surface area contributed by atoms with Crippen LogP contribution in [0.1, 0.15) is 50.3 Å². The molecule has 0 fully saturated rings. The van der Waals surface area contributed by atoms with Crippen LogP contribution >= 0.6 is 0 Å². The fraction of sp³-hybridized carbons (Fsp3) is 0.500. The predicted octanol–water partition coefficient (Wildman–Crippen LogP) is 3.31. The molecule has 1 aromatic rings. The van der Waals surface area contributed by atoms with Gasteiger partial charge in [-0.15, -0.1) is 0 Å². The molecular formula is C14H21O. The number of aryl methyl sites for hydroxylation is 1. The van der Waals surface area contributed by atoms with E-state index in [9.17, 15) is 0 Å². The first-order chi connectivity index (χ1) is 7.08. The summed E-state index contributed by atoms with van der Waals surface area (Å²) in [7, 11) is 0. The molecular weight excluding hydrogens is 184 g/mol. The fourth-order valence-corrected chi connectivity index (χ4v) is 1.59. The fourth-order valence-electron chi connectivity index (χ4n) is 1.59. The van der Waals surface area contributed by atoms with Gasteiger partial charge < -0.3 is 5.11 Å². The van der Waals surface area contributed by atoms with Crippen LogP contribution < -0.4 is 0 Å². The average molecular weight is 205 g/mol. The molecule has 1 N–H and O–H groups in total. The Morgan fingerprint density at radius 1 is 1.27 bits per heavy atom. The third kappa shape index (κ3) is 3.07. The molecule has 1 radical (unpaired) electrons. The van der Waals surface area contributed by atoms with E-state index in [0.29, 0.717) is 5.92 Å². The summed E-state index contributed by atoms with van der Waals surface area (Å²) in [4.78, 5) is 0. The molecule has 15 heavy (non-hydrogen) atoms. The van der Waals surface area contributed by atoms with Crippen LogP contribution in [0.5, 0.6) is 0 Å². The van der Waals surface area contributed by atoms with Crippen LogP contribution in [-0.4, -0.2) is 11.7 Å². The van der Waals surface area contributed by atoms with E-state index in [1.165, 1.54) is 16.7 Å². The number of rotatable bonds is 4. The minimum atomic E-state index is 0.144. The van der Waals surface area contributed by atoms with Crippen LogP contribution in [0, 0.1) is 5.92 Å². The van der Waals surface area contributed by atoms with Crippen LogP contribution in [0.15, 0.2) is 18.2 Å². The van der Waals surface area contributed by atoms with Crippen molar-refractivity contribution in [3.05, 3.63) is 40.8 Å². The Bertz CT molecular complexity index is 315. The molecule has 1 aromatic carbocycles. The molecule has 0 bridgehead atoms. The van der Waals surface area contributed by atoms with Crippen molar-refractivity contribution >= 4 is 0 Å². The molecule has 0 saturated heterocycles. The molecule has 1 nitrogen and oxygen atoms in total.